The molecule has 68 valence electrons. The number of amidine groups is 1. The number of fused-ring (bicyclic) bond motifs is 1. The summed E-state index contributed by atoms with van der Waals surface area (Å²) >= 11 is 3.74. The molecule has 6 heteroatoms. The first-order valence-corrected chi connectivity index (χ1v) is 5.90. The molecule has 1 unspecified atom stereocenters. The summed E-state index contributed by atoms with van der Waals surface area (Å²) in [6.45, 7) is 0. The molecule has 2 N–H and O–H groups in total. The molecule has 2 aliphatic heterocycles. The van der Waals surface area contributed by atoms with Gasteiger partial charge in [-0.3, -0.25) is 4.99 Å². The standard InChI is InChI=1S/C7H8IN4S/c1-13-6-5-4-10-2-3-12(5,9)7(8)11-6/h2-4H,9H2,1H3/q+1. The van der Waals surface area contributed by atoms with Crippen LogP contribution in [-0.4, -0.2) is 20.9 Å². The number of halogens is 1. The second-order valence-corrected chi connectivity index (χ2v) is 4.39. The van der Waals surface area contributed by atoms with Crippen molar-refractivity contribution < 1.29 is 4.59 Å². The average Bonchev–Trinajstić information content (AvgIpc) is 2.39. The van der Waals surface area contributed by atoms with Crippen molar-refractivity contribution in [2.24, 2.45) is 15.8 Å². The Morgan fingerprint density at radius 2 is 2.38 bits per heavy atom. The first-order chi connectivity index (χ1) is 6.18. The number of quaternary nitrogens is 1. The molecule has 0 aliphatic carbocycles. The molecule has 0 amide bonds. The van der Waals surface area contributed by atoms with Crippen LogP contribution >= 0.6 is 34.4 Å². The van der Waals surface area contributed by atoms with Gasteiger partial charge in [0.2, 0.25) is 5.70 Å². The van der Waals surface area contributed by atoms with Crippen molar-refractivity contribution in [3.05, 3.63) is 23.1 Å². The molecule has 4 nitrogen and oxygen atoms in total. The lowest BCUT2D eigenvalue weighted by Crippen LogP contribution is -2.50. The summed E-state index contributed by atoms with van der Waals surface area (Å²) in [7, 11) is 0. The highest BCUT2D eigenvalue weighted by molar-refractivity contribution is 14.1. The van der Waals surface area contributed by atoms with Crippen molar-refractivity contribution in [3.8, 4) is 0 Å². The maximum Gasteiger partial charge on any atom is 0.294 e. The van der Waals surface area contributed by atoms with E-state index in [-0.39, 0.29) is 4.59 Å². The second-order valence-electron chi connectivity index (χ2n) is 2.63. The number of nitrogens with two attached hydrogens (primary N) is 1. The molecule has 0 bridgehead atoms. The van der Waals surface area contributed by atoms with Gasteiger partial charge in [-0.1, -0.05) is 0 Å². The van der Waals surface area contributed by atoms with E-state index in [1.165, 1.54) is 0 Å². The molecule has 0 radical (unpaired) electrons. The van der Waals surface area contributed by atoms with E-state index in [1.54, 1.807) is 24.2 Å². The first-order valence-electron chi connectivity index (χ1n) is 3.60. The number of hydrogen-bond acceptors (Lipinski definition) is 4. The quantitative estimate of drug-likeness (QED) is 0.346. The maximum absolute atomic E-state index is 6.12. The summed E-state index contributed by atoms with van der Waals surface area (Å²) in [4.78, 5) is 8.42. The Balaban J connectivity index is 2.56. The molecule has 0 saturated heterocycles. The molecule has 2 aliphatic rings. The van der Waals surface area contributed by atoms with Gasteiger partial charge in [0.25, 0.3) is 3.84 Å². The van der Waals surface area contributed by atoms with E-state index < -0.39 is 0 Å². The van der Waals surface area contributed by atoms with Crippen molar-refractivity contribution in [1.29, 1.82) is 0 Å². The van der Waals surface area contributed by atoms with Gasteiger partial charge in [-0.25, -0.2) is 0 Å². The number of thioether (sulfide) groups is 1. The van der Waals surface area contributed by atoms with Crippen molar-refractivity contribution in [2.45, 2.75) is 0 Å². The molecule has 0 spiro atoms. The summed E-state index contributed by atoms with van der Waals surface area (Å²) in [5.74, 6) is 6.12. The van der Waals surface area contributed by atoms with Crippen LogP contribution in [0.25, 0.3) is 0 Å². The van der Waals surface area contributed by atoms with E-state index in [0.717, 1.165) is 14.6 Å². The van der Waals surface area contributed by atoms with Gasteiger partial charge < -0.3 is 0 Å². The molecule has 0 saturated carbocycles. The third kappa shape index (κ3) is 1.28. The summed E-state index contributed by atoms with van der Waals surface area (Å²) < 4.78 is 1.01. The Kier molecular flexibility index (Phi) is 2.30. The van der Waals surface area contributed by atoms with Gasteiger partial charge in [0.15, 0.2) is 5.03 Å². The predicted molar refractivity (Wildman–Crippen MR) is 64.1 cm³/mol. The summed E-state index contributed by atoms with van der Waals surface area (Å²) in [6, 6.07) is 0. The molecule has 2 rings (SSSR count). The van der Waals surface area contributed by atoms with E-state index in [1.807, 2.05) is 12.5 Å². The third-order valence-corrected chi connectivity index (χ3v) is 3.62. The summed E-state index contributed by atoms with van der Waals surface area (Å²) in [5.41, 5.74) is 0.944. The molecule has 1 atom stereocenters. The smallest absolute Gasteiger partial charge is 0.253 e. The molecule has 0 fully saturated rings. The zero-order valence-corrected chi connectivity index (χ0v) is 9.91. The third-order valence-electron chi connectivity index (χ3n) is 1.89. The maximum atomic E-state index is 6.12. The van der Waals surface area contributed by atoms with Gasteiger partial charge in [-0.15, -0.1) is 16.4 Å². The van der Waals surface area contributed by atoms with Crippen LogP contribution in [0.5, 0.6) is 0 Å². The summed E-state index contributed by atoms with van der Waals surface area (Å²) in [6.07, 6.45) is 7.27. The van der Waals surface area contributed by atoms with E-state index >= 15 is 0 Å². The Morgan fingerprint density at radius 3 is 3.08 bits per heavy atom. The highest BCUT2D eigenvalue weighted by atomic mass is 127. The molecule has 0 aromatic heterocycles. The highest BCUT2D eigenvalue weighted by Crippen LogP contribution is 2.34. The van der Waals surface area contributed by atoms with Crippen molar-refractivity contribution in [2.75, 3.05) is 6.26 Å². The second kappa shape index (κ2) is 3.19. The summed E-state index contributed by atoms with van der Waals surface area (Å²) in [5, 5.41) is 0.944. The van der Waals surface area contributed by atoms with E-state index in [4.69, 9.17) is 5.84 Å². The molecular weight excluding hydrogens is 299 g/mol. The fraction of sp³-hybridized carbons (Fsp3) is 0.143. The van der Waals surface area contributed by atoms with Crippen LogP contribution in [-0.2, 0) is 0 Å². The van der Waals surface area contributed by atoms with Crippen molar-refractivity contribution >= 4 is 44.4 Å². The SMILES string of the molecule is CSC1=C2C=NC=C[N+]2(N)C(I)=N1. The van der Waals surface area contributed by atoms with Crippen LogP contribution in [0.4, 0.5) is 0 Å². The van der Waals surface area contributed by atoms with Gasteiger partial charge in [-0.05, 0) is 6.26 Å². The lowest BCUT2D eigenvalue weighted by Gasteiger charge is -2.23. The molecule has 0 aromatic rings. The van der Waals surface area contributed by atoms with Gasteiger partial charge >= 0.3 is 0 Å². The Morgan fingerprint density at radius 1 is 1.62 bits per heavy atom. The number of allylic oxidation sites excluding steroid dienone is 1. The predicted octanol–water partition coefficient (Wildman–Crippen LogP) is 1.57. The van der Waals surface area contributed by atoms with Crippen LogP contribution in [0, 0.1) is 0 Å². The number of hydrogen-bond donors (Lipinski definition) is 1. The molecule has 2 heterocycles. The van der Waals surface area contributed by atoms with Crippen molar-refractivity contribution in [3.63, 3.8) is 0 Å². The van der Waals surface area contributed by atoms with Crippen LogP contribution < -0.4 is 5.84 Å². The van der Waals surface area contributed by atoms with E-state index in [9.17, 15) is 0 Å². The van der Waals surface area contributed by atoms with Gasteiger partial charge in [0, 0.05) is 0 Å². The van der Waals surface area contributed by atoms with E-state index in [0.29, 0.717) is 0 Å². The number of rotatable bonds is 1. The van der Waals surface area contributed by atoms with Gasteiger partial charge in [0.1, 0.15) is 6.20 Å². The van der Waals surface area contributed by atoms with E-state index in [2.05, 4.69) is 32.6 Å². The largest absolute Gasteiger partial charge is 0.294 e. The Bertz CT molecular complexity index is 371. The Labute approximate surface area is 94.0 Å². The van der Waals surface area contributed by atoms with Gasteiger partial charge in [0.05, 0.1) is 35.0 Å². The zero-order chi connectivity index (χ0) is 9.47. The minimum atomic E-state index is 0.167. The minimum Gasteiger partial charge on any atom is -0.253 e. The first kappa shape index (κ1) is 9.38. The lowest BCUT2D eigenvalue weighted by molar-refractivity contribution is -0.745. The van der Waals surface area contributed by atoms with Crippen LogP contribution in [0.3, 0.4) is 0 Å². The highest BCUT2D eigenvalue weighted by Gasteiger charge is 2.41. The van der Waals surface area contributed by atoms with Crippen LogP contribution in [0.15, 0.2) is 33.1 Å². The minimum absolute atomic E-state index is 0.167. The number of nitrogens with zero attached hydrogens (tertiary/aromatic N) is 3. The molecular formula is C7H8IN4S+. The average molecular weight is 307 g/mol. The Hall–Kier alpha value is -0.180. The monoisotopic (exact) mass is 307 g/mol. The fourth-order valence-electron chi connectivity index (χ4n) is 1.18. The lowest BCUT2D eigenvalue weighted by atomic mass is 10.4. The normalized spacial score (nSPS) is 30.8. The number of aliphatic imine (C=N–C) groups is 2. The zero-order valence-electron chi connectivity index (χ0n) is 6.94. The van der Waals surface area contributed by atoms with Gasteiger partial charge in [-0.2, -0.15) is 10.8 Å². The van der Waals surface area contributed by atoms with Crippen molar-refractivity contribution in [1.82, 2.24) is 0 Å². The molecule has 0 aromatic carbocycles. The fourth-order valence-corrected chi connectivity index (χ4v) is 2.60. The topological polar surface area (TPSA) is 50.7 Å². The van der Waals surface area contributed by atoms with Crippen LogP contribution in [0.2, 0.25) is 0 Å². The molecule has 13 heavy (non-hydrogen) atoms. The van der Waals surface area contributed by atoms with Crippen LogP contribution in [0.1, 0.15) is 0 Å².